The normalized spacial score (nSPS) is 19.8. The van der Waals surface area contributed by atoms with E-state index in [-0.39, 0.29) is 25.2 Å². The molecule has 9 heteroatoms. The maximum Gasteiger partial charge on any atom is 0.416 e. The van der Waals surface area contributed by atoms with Gasteiger partial charge in [0.05, 0.1) is 11.1 Å². The van der Waals surface area contributed by atoms with Crippen LogP contribution in [0.1, 0.15) is 28.4 Å². The summed E-state index contributed by atoms with van der Waals surface area (Å²) in [6, 6.07) is 0.853. The maximum atomic E-state index is 12.8. The van der Waals surface area contributed by atoms with Crippen LogP contribution >= 0.6 is 0 Å². The van der Waals surface area contributed by atoms with Crippen molar-refractivity contribution in [2.45, 2.75) is 25.3 Å². The molecular formula is C14H14F6N2O. The van der Waals surface area contributed by atoms with Crippen molar-refractivity contribution in [1.82, 2.24) is 10.2 Å². The predicted molar refractivity (Wildman–Crippen MR) is 69.8 cm³/mol. The molecule has 1 aliphatic rings. The van der Waals surface area contributed by atoms with Crippen LogP contribution < -0.4 is 5.32 Å². The van der Waals surface area contributed by atoms with Gasteiger partial charge in [-0.05, 0) is 25.1 Å². The van der Waals surface area contributed by atoms with Crippen molar-refractivity contribution >= 4 is 5.91 Å². The number of hydrogen-bond donors (Lipinski definition) is 1. The fourth-order valence-electron chi connectivity index (χ4n) is 2.38. The summed E-state index contributed by atoms with van der Waals surface area (Å²) in [7, 11) is 0. The lowest BCUT2D eigenvalue weighted by Crippen LogP contribution is -2.51. The first-order valence-corrected chi connectivity index (χ1v) is 6.80. The molecule has 2 rings (SSSR count). The lowest BCUT2D eigenvalue weighted by molar-refractivity contribution is -0.143. The first-order chi connectivity index (χ1) is 10.5. The van der Waals surface area contributed by atoms with E-state index < -0.39 is 35.0 Å². The van der Waals surface area contributed by atoms with Crippen LogP contribution in [0.25, 0.3) is 0 Å². The van der Waals surface area contributed by atoms with Gasteiger partial charge in [0, 0.05) is 31.2 Å². The molecule has 1 aromatic rings. The zero-order chi connectivity index (χ0) is 17.4. The van der Waals surface area contributed by atoms with Crippen LogP contribution in [0.5, 0.6) is 0 Å². The first-order valence-electron chi connectivity index (χ1n) is 6.80. The Hall–Kier alpha value is -1.77. The summed E-state index contributed by atoms with van der Waals surface area (Å²) in [5, 5.41) is 3.04. The molecule has 23 heavy (non-hydrogen) atoms. The number of halogens is 6. The largest absolute Gasteiger partial charge is 0.416 e. The summed E-state index contributed by atoms with van der Waals surface area (Å²) in [5.74, 6) is -0.838. The summed E-state index contributed by atoms with van der Waals surface area (Å²) in [6.07, 6.45) is -9.93. The molecule has 0 aliphatic carbocycles. The van der Waals surface area contributed by atoms with E-state index in [0.29, 0.717) is 18.7 Å². The minimum atomic E-state index is -4.97. The lowest BCUT2D eigenvalue weighted by atomic mass is 10.0. The minimum absolute atomic E-state index is 0.0111. The summed E-state index contributed by atoms with van der Waals surface area (Å²) in [4.78, 5) is 13.5. The van der Waals surface area contributed by atoms with Gasteiger partial charge in [-0.25, -0.2) is 0 Å². The molecule has 128 valence electrons. The zero-order valence-corrected chi connectivity index (χ0v) is 12.1. The Labute approximate surface area is 128 Å². The Balaban J connectivity index is 2.42. The molecular weight excluding hydrogens is 326 g/mol. The van der Waals surface area contributed by atoms with Gasteiger partial charge in [-0.1, -0.05) is 0 Å². The lowest BCUT2D eigenvalue weighted by Gasteiger charge is -2.32. The predicted octanol–water partition coefficient (Wildman–Crippen LogP) is 3.16. The number of alkyl halides is 6. The van der Waals surface area contributed by atoms with Gasteiger partial charge in [-0.2, -0.15) is 26.3 Å². The van der Waals surface area contributed by atoms with E-state index in [1.54, 1.807) is 6.92 Å². The van der Waals surface area contributed by atoms with Crippen LogP contribution in [-0.2, 0) is 12.4 Å². The van der Waals surface area contributed by atoms with Crippen molar-refractivity contribution in [1.29, 1.82) is 0 Å². The Morgan fingerprint density at radius 1 is 1.09 bits per heavy atom. The van der Waals surface area contributed by atoms with Gasteiger partial charge in [0.15, 0.2) is 0 Å². The Bertz CT molecular complexity index is 564. The van der Waals surface area contributed by atoms with Crippen molar-refractivity contribution in [3.63, 3.8) is 0 Å². The highest BCUT2D eigenvalue weighted by Crippen LogP contribution is 2.36. The van der Waals surface area contributed by atoms with Crippen molar-refractivity contribution < 1.29 is 31.1 Å². The van der Waals surface area contributed by atoms with E-state index in [2.05, 4.69) is 5.32 Å². The third-order valence-corrected chi connectivity index (χ3v) is 3.49. The van der Waals surface area contributed by atoms with E-state index in [0.717, 1.165) is 0 Å². The molecule has 1 unspecified atom stereocenters. The third-order valence-electron chi connectivity index (χ3n) is 3.49. The van der Waals surface area contributed by atoms with Gasteiger partial charge in [0.25, 0.3) is 5.91 Å². The van der Waals surface area contributed by atoms with Gasteiger partial charge in [-0.15, -0.1) is 0 Å². The maximum absolute atomic E-state index is 12.8. The molecule has 0 spiro atoms. The molecule has 0 aromatic heterocycles. The second kappa shape index (κ2) is 6.03. The van der Waals surface area contributed by atoms with Crippen molar-refractivity contribution in [3.05, 3.63) is 34.9 Å². The smallest absolute Gasteiger partial charge is 0.336 e. The number of nitrogens with zero attached hydrogens (tertiary/aromatic N) is 1. The highest BCUT2D eigenvalue weighted by Gasteiger charge is 2.38. The average molecular weight is 340 g/mol. The van der Waals surface area contributed by atoms with Crippen LogP contribution in [0.4, 0.5) is 26.3 Å². The van der Waals surface area contributed by atoms with Crippen LogP contribution in [0.3, 0.4) is 0 Å². The quantitative estimate of drug-likeness (QED) is 0.797. The molecule has 1 aliphatic heterocycles. The molecule has 1 N–H and O–H groups in total. The monoisotopic (exact) mass is 340 g/mol. The highest BCUT2D eigenvalue weighted by molar-refractivity contribution is 5.94. The van der Waals surface area contributed by atoms with Gasteiger partial charge in [-0.3, -0.25) is 4.79 Å². The van der Waals surface area contributed by atoms with Gasteiger partial charge in [0.1, 0.15) is 0 Å². The Morgan fingerprint density at radius 2 is 1.61 bits per heavy atom. The standard InChI is InChI=1S/C14H14F6N2O/c1-8-7-22(3-2-21-8)12(23)9-4-10(13(15,16)17)6-11(5-9)14(18,19)20/h4-6,8,21H,2-3,7H2,1H3. The van der Waals surface area contributed by atoms with Gasteiger partial charge < -0.3 is 10.2 Å². The van der Waals surface area contributed by atoms with Crippen LogP contribution in [0, 0.1) is 0 Å². The van der Waals surface area contributed by atoms with Crippen LogP contribution in [0.2, 0.25) is 0 Å². The molecule has 0 saturated carbocycles. The van der Waals surface area contributed by atoms with Crippen molar-refractivity contribution in [3.8, 4) is 0 Å². The molecule has 1 heterocycles. The van der Waals surface area contributed by atoms with Crippen molar-refractivity contribution in [2.24, 2.45) is 0 Å². The average Bonchev–Trinajstić information content (AvgIpc) is 2.44. The summed E-state index contributed by atoms with van der Waals surface area (Å²) < 4.78 is 76.8. The van der Waals surface area contributed by atoms with E-state index in [1.807, 2.05) is 0 Å². The number of piperazine rings is 1. The number of carbonyl (C=O) groups excluding carboxylic acids is 1. The van der Waals surface area contributed by atoms with Crippen LogP contribution in [0.15, 0.2) is 18.2 Å². The molecule has 3 nitrogen and oxygen atoms in total. The van der Waals surface area contributed by atoms with E-state index in [9.17, 15) is 31.1 Å². The Kier molecular flexibility index (Phi) is 4.61. The fourth-order valence-corrected chi connectivity index (χ4v) is 2.38. The second-order valence-corrected chi connectivity index (χ2v) is 5.40. The number of benzene rings is 1. The summed E-state index contributed by atoms with van der Waals surface area (Å²) in [6.45, 7) is 2.64. The number of rotatable bonds is 1. The number of amides is 1. The van der Waals surface area contributed by atoms with Crippen LogP contribution in [-0.4, -0.2) is 36.5 Å². The second-order valence-electron chi connectivity index (χ2n) is 5.40. The summed E-state index contributed by atoms with van der Waals surface area (Å²) >= 11 is 0. The Morgan fingerprint density at radius 3 is 2.04 bits per heavy atom. The van der Waals surface area contributed by atoms with Gasteiger partial charge >= 0.3 is 12.4 Å². The fraction of sp³-hybridized carbons (Fsp3) is 0.500. The first kappa shape index (κ1) is 17.6. The topological polar surface area (TPSA) is 32.3 Å². The molecule has 0 radical (unpaired) electrons. The zero-order valence-electron chi connectivity index (χ0n) is 12.1. The molecule has 1 atom stereocenters. The number of nitrogens with one attached hydrogen (secondary N) is 1. The SMILES string of the molecule is CC1CN(C(=O)c2cc(C(F)(F)F)cc(C(F)(F)F)c2)CCN1. The molecule has 1 aromatic carbocycles. The molecule has 1 amide bonds. The van der Waals surface area contributed by atoms with E-state index in [4.69, 9.17) is 0 Å². The van der Waals surface area contributed by atoms with Crippen molar-refractivity contribution in [2.75, 3.05) is 19.6 Å². The third kappa shape index (κ3) is 4.15. The molecule has 1 saturated heterocycles. The number of carbonyl (C=O) groups is 1. The van der Waals surface area contributed by atoms with Gasteiger partial charge in [0.2, 0.25) is 0 Å². The highest BCUT2D eigenvalue weighted by atomic mass is 19.4. The van der Waals surface area contributed by atoms with E-state index >= 15 is 0 Å². The number of hydrogen-bond acceptors (Lipinski definition) is 2. The molecule has 1 fully saturated rings. The minimum Gasteiger partial charge on any atom is -0.336 e. The van der Waals surface area contributed by atoms with E-state index in [1.165, 1.54) is 4.90 Å². The molecule has 0 bridgehead atoms. The summed E-state index contributed by atoms with van der Waals surface area (Å²) in [5.41, 5.74) is -3.58.